The van der Waals surface area contributed by atoms with Crippen LogP contribution >= 0.6 is 27.7 Å². The number of rotatable bonds is 1. The molecule has 0 bridgehead atoms. The van der Waals surface area contributed by atoms with Gasteiger partial charge in [-0.05, 0) is 30.0 Å². The maximum atomic E-state index is 8.38. The minimum atomic E-state index is 0.639. The van der Waals surface area contributed by atoms with Gasteiger partial charge >= 0.3 is 0 Å². The van der Waals surface area contributed by atoms with Gasteiger partial charge in [-0.1, -0.05) is 15.9 Å². The molecular formula is C7H5BrN2S. The van der Waals surface area contributed by atoms with Crippen molar-refractivity contribution in [3.63, 3.8) is 0 Å². The van der Waals surface area contributed by atoms with Crippen molar-refractivity contribution in [1.29, 1.82) is 5.26 Å². The van der Waals surface area contributed by atoms with E-state index in [1.165, 1.54) is 0 Å². The Morgan fingerprint density at radius 2 is 2.27 bits per heavy atom. The minimum absolute atomic E-state index is 0.639. The molecule has 0 heterocycles. The monoisotopic (exact) mass is 228 g/mol. The standard InChI is InChI=1S/C7H5BrN2S/c8-5-1-2-6(10)7(3-5)11-4-9/h1-3H,10H2. The van der Waals surface area contributed by atoms with E-state index in [-0.39, 0.29) is 0 Å². The number of nitrogens with two attached hydrogens (primary N) is 1. The number of nitriles is 1. The van der Waals surface area contributed by atoms with E-state index < -0.39 is 0 Å². The largest absolute Gasteiger partial charge is 0.398 e. The highest BCUT2D eigenvalue weighted by Crippen LogP contribution is 2.27. The number of hydrogen-bond acceptors (Lipinski definition) is 3. The van der Waals surface area contributed by atoms with Gasteiger partial charge in [0, 0.05) is 15.1 Å². The summed E-state index contributed by atoms with van der Waals surface area (Å²) in [5.41, 5.74) is 6.22. The molecule has 0 atom stereocenters. The third-order valence-electron chi connectivity index (χ3n) is 1.13. The highest BCUT2D eigenvalue weighted by Gasteiger charge is 1.98. The summed E-state index contributed by atoms with van der Waals surface area (Å²) in [7, 11) is 0. The van der Waals surface area contributed by atoms with Crippen LogP contribution in [0.5, 0.6) is 0 Å². The fourth-order valence-corrected chi connectivity index (χ4v) is 1.63. The van der Waals surface area contributed by atoms with Crippen molar-refractivity contribution in [2.75, 3.05) is 5.73 Å². The Hall–Kier alpha value is -0.660. The van der Waals surface area contributed by atoms with Gasteiger partial charge in [0.15, 0.2) is 0 Å². The second-order valence-corrected chi connectivity index (χ2v) is 3.62. The van der Waals surface area contributed by atoms with Gasteiger partial charge in [0.05, 0.1) is 0 Å². The molecule has 0 aromatic heterocycles. The molecule has 11 heavy (non-hydrogen) atoms. The third-order valence-corrected chi connectivity index (χ3v) is 2.29. The van der Waals surface area contributed by atoms with Crippen molar-refractivity contribution >= 4 is 33.4 Å². The number of benzene rings is 1. The summed E-state index contributed by atoms with van der Waals surface area (Å²) in [5.74, 6) is 0. The van der Waals surface area contributed by atoms with E-state index in [0.29, 0.717) is 5.69 Å². The number of thioether (sulfide) groups is 1. The average molecular weight is 229 g/mol. The van der Waals surface area contributed by atoms with Crippen molar-refractivity contribution in [2.45, 2.75) is 4.90 Å². The molecule has 0 saturated carbocycles. The number of anilines is 1. The van der Waals surface area contributed by atoms with Crippen molar-refractivity contribution in [1.82, 2.24) is 0 Å². The van der Waals surface area contributed by atoms with E-state index in [0.717, 1.165) is 21.1 Å². The SMILES string of the molecule is N#CSc1cc(Br)ccc1N. The molecule has 0 aliphatic heterocycles. The predicted molar refractivity (Wildman–Crippen MR) is 50.0 cm³/mol. The highest BCUT2D eigenvalue weighted by molar-refractivity contribution is 9.10. The molecule has 0 aliphatic rings. The lowest BCUT2D eigenvalue weighted by molar-refractivity contribution is 1.44. The highest BCUT2D eigenvalue weighted by atomic mass is 79.9. The van der Waals surface area contributed by atoms with Gasteiger partial charge in [-0.3, -0.25) is 0 Å². The van der Waals surface area contributed by atoms with Crippen LogP contribution in [0.4, 0.5) is 5.69 Å². The number of nitrogens with zero attached hydrogens (tertiary/aromatic N) is 1. The summed E-state index contributed by atoms with van der Waals surface area (Å²) >= 11 is 4.35. The first-order valence-corrected chi connectivity index (χ1v) is 4.46. The summed E-state index contributed by atoms with van der Waals surface area (Å²) < 4.78 is 0.935. The van der Waals surface area contributed by atoms with E-state index >= 15 is 0 Å². The summed E-state index contributed by atoms with van der Waals surface area (Å²) in [5, 5.41) is 10.3. The van der Waals surface area contributed by atoms with Gasteiger partial charge < -0.3 is 5.73 Å². The zero-order valence-corrected chi connectivity index (χ0v) is 7.95. The van der Waals surface area contributed by atoms with Crippen molar-refractivity contribution in [3.05, 3.63) is 22.7 Å². The Kier molecular flexibility index (Phi) is 2.80. The number of hydrogen-bond donors (Lipinski definition) is 1. The van der Waals surface area contributed by atoms with E-state index in [2.05, 4.69) is 15.9 Å². The predicted octanol–water partition coefficient (Wildman–Crippen LogP) is 2.60. The molecular weight excluding hydrogens is 224 g/mol. The van der Waals surface area contributed by atoms with Crippen LogP contribution in [-0.4, -0.2) is 0 Å². The second kappa shape index (κ2) is 3.65. The van der Waals surface area contributed by atoms with Crippen LogP contribution in [0.2, 0.25) is 0 Å². The van der Waals surface area contributed by atoms with Gasteiger partial charge in [-0.2, -0.15) is 5.26 Å². The Balaban J connectivity index is 3.05. The zero-order valence-electron chi connectivity index (χ0n) is 5.54. The fraction of sp³-hybridized carbons (Fsp3) is 0. The van der Waals surface area contributed by atoms with Crippen LogP contribution in [0.25, 0.3) is 0 Å². The molecule has 1 aromatic rings. The molecule has 0 aliphatic carbocycles. The van der Waals surface area contributed by atoms with Crippen LogP contribution < -0.4 is 5.73 Å². The molecule has 1 aromatic carbocycles. The van der Waals surface area contributed by atoms with Gasteiger partial charge in [0.2, 0.25) is 0 Å². The molecule has 1 rings (SSSR count). The first-order valence-electron chi connectivity index (χ1n) is 2.85. The molecule has 2 nitrogen and oxygen atoms in total. The summed E-state index contributed by atoms with van der Waals surface area (Å²) in [6.45, 7) is 0. The summed E-state index contributed by atoms with van der Waals surface area (Å²) in [6, 6.07) is 5.43. The van der Waals surface area contributed by atoms with Crippen LogP contribution in [0.1, 0.15) is 0 Å². The lowest BCUT2D eigenvalue weighted by Crippen LogP contribution is -1.86. The van der Waals surface area contributed by atoms with Crippen molar-refractivity contribution in [2.24, 2.45) is 0 Å². The molecule has 0 unspecified atom stereocenters. The topological polar surface area (TPSA) is 49.8 Å². The number of halogens is 1. The molecule has 0 fully saturated rings. The summed E-state index contributed by atoms with van der Waals surface area (Å²) in [6.07, 6.45) is 0. The van der Waals surface area contributed by atoms with Gasteiger partial charge in [-0.25, -0.2) is 0 Å². The molecule has 56 valence electrons. The lowest BCUT2D eigenvalue weighted by Gasteiger charge is -1.99. The maximum Gasteiger partial charge on any atom is 0.138 e. The number of nitrogen functional groups attached to an aromatic ring is 1. The maximum absolute atomic E-state index is 8.38. The van der Waals surface area contributed by atoms with E-state index in [9.17, 15) is 0 Å². The minimum Gasteiger partial charge on any atom is -0.398 e. The summed E-state index contributed by atoms with van der Waals surface area (Å²) in [4.78, 5) is 0.793. The Morgan fingerprint density at radius 1 is 1.55 bits per heavy atom. The lowest BCUT2D eigenvalue weighted by atomic mass is 10.3. The molecule has 4 heteroatoms. The Labute approximate surface area is 77.5 Å². The third kappa shape index (κ3) is 2.14. The molecule has 0 spiro atoms. The quantitative estimate of drug-likeness (QED) is 0.457. The first-order chi connectivity index (χ1) is 5.24. The zero-order chi connectivity index (χ0) is 8.27. The Morgan fingerprint density at radius 3 is 2.91 bits per heavy atom. The fourth-order valence-electron chi connectivity index (χ4n) is 0.646. The van der Waals surface area contributed by atoms with E-state index in [1.807, 2.05) is 17.5 Å². The first kappa shape index (κ1) is 8.44. The van der Waals surface area contributed by atoms with Gasteiger partial charge in [0.25, 0.3) is 0 Å². The van der Waals surface area contributed by atoms with Crippen LogP contribution in [0.15, 0.2) is 27.6 Å². The Bertz CT molecular complexity index is 306. The smallest absolute Gasteiger partial charge is 0.138 e. The van der Waals surface area contributed by atoms with Crippen molar-refractivity contribution < 1.29 is 0 Å². The molecule has 0 saturated heterocycles. The van der Waals surface area contributed by atoms with Gasteiger partial charge in [-0.15, -0.1) is 0 Å². The van der Waals surface area contributed by atoms with E-state index in [4.69, 9.17) is 11.0 Å². The van der Waals surface area contributed by atoms with Crippen LogP contribution in [0.3, 0.4) is 0 Å². The van der Waals surface area contributed by atoms with Gasteiger partial charge in [0.1, 0.15) is 5.40 Å². The molecule has 0 radical (unpaired) electrons. The van der Waals surface area contributed by atoms with Crippen LogP contribution in [-0.2, 0) is 0 Å². The molecule has 2 N–H and O–H groups in total. The van der Waals surface area contributed by atoms with Crippen molar-refractivity contribution in [3.8, 4) is 5.40 Å². The van der Waals surface area contributed by atoms with E-state index in [1.54, 1.807) is 6.07 Å². The van der Waals surface area contributed by atoms with Crippen LogP contribution in [0, 0.1) is 10.7 Å². The normalized spacial score (nSPS) is 9.09. The number of thiocyanates is 1. The molecule has 0 amide bonds. The average Bonchev–Trinajstić information content (AvgIpc) is 1.98. The second-order valence-electron chi connectivity index (χ2n) is 1.88.